The van der Waals surface area contributed by atoms with E-state index in [4.69, 9.17) is 0 Å². The van der Waals surface area contributed by atoms with Crippen LogP contribution >= 0.6 is 11.8 Å². The summed E-state index contributed by atoms with van der Waals surface area (Å²) in [4.78, 5) is 1.98. The zero-order chi connectivity index (χ0) is 12.3. The molecule has 0 unspecified atom stereocenters. The van der Waals surface area contributed by atoms with E-state index < -0.39 is 0 Å². The molecule has 1 heterocycles. The highest BCUT2D eigenvalue weighted by Crippen LogP contribution is 2.26. The fourth-order valence-electron chi connectivity index (χ4n) is 1.31. The van der Waals surface area contributed by atoms with Crippen molar-refractivity contribution in [2.75, 3.05) is 24.7 Å². The summed E-state index contributed by atoms with van der Waals surface area (Å²) in [7, 11) is 3.96. The second-order valence-electron chi connectivity index (χ2n) is 4.39. The molecular weight excluding hydrogens is 220 g/mol. The molecule has 16 heavy (non-hydrogen) atoms. The van der Waals surface area contributed by atoms with Gasteiger partial charge in [-0.05, 0) is 20.8 Å². The Kier molecular flexibility index (Phi) is 4.41. The molecule has 0 aliphatic rings. The first-order valence-corrected chi connectivity index (χ1v) is 6.31. The molecule has 0 aliphatic heterocycles. The third-order valence-corrected chi connectivity index (χ3v) is 3.18. The summed E-state index contributed by atoms with van der Waals surface area (Å²) in [5.74, 6) is 1.79. The number of aromatic nitrogens is 3. The van der Waals surface area contributed by atoms with Gasteiger partial charge in [0.25, 0.3) is 0 Å². The lowest BCUT2D eigenvalue weighted by molar-refractivity contribution is 0.549. The third-order valence-electron chi connectivity index (χ3n) is 2.01. The Balaban J connectivity index is 2.96. The Morgan fingerprint density at radius 2 is 2.06 bits per heavy atom. The summed E-state index contributed by atoms with van der Waals surface area (Å²) in [5, 5.41) is 9.39. The van der Waals surface area contributed by atoms with Crippen LogP contribution in [0.4, 0.5) is 5.95 Å². The topological polar surface area (TPSA) is 34.0 Å². The molecule has 0 aromatic carbocycles. The lowest BCUT2D eigenvalue weighted by atomic mass is 10.4. The van der Waals surface area contributed by atoms with Gasteiger partial charge in [-0.15, -0.1) is 10.2 Å². The van der Waals surface area contributed by atoms with Crippen molar-refractivity contribution in [2.24, 2.45) is 0 Å². The van der Waals surface area contributed by atoms with Crippen molar-refractivity contribution in [1.29, 1.82) is 0 Å². The second-order valence-corrected chi connectivity index (χ2v) is 5.33. The van der Waals surface area contributed by atoms with E-state index in [1.54, 1.807) is 11.8 Å². The molecule has 0 spiro atoms. The van der Waals surface area contributed by atoms with Gasteiger partial charge < -0.3 is 4.90 Å². The summed E-state index contributed by atoms with van der Waals surface area (Å²) in [6.07, 6.45) is 0. The van der Waals surface area contributed by atoms with Gasteiger partial charge in [0, 0.05) is 25.9 Å². The van der Waals surface area contributed by atoms with E-state index in [1.165, 1.54) is 0 Å². The Bertz CT molecular complexity index is 368. The van der Waals surface area contributed by atoms with Crippen LogP contribution in [-0.2, 0) is 0 Å². The maximum Gasteiger partial charge on any atom is 0.227 e. The molecule has 5 heteroatoms. The van der Waals surface area contributed by atoms with E-state index in [0.717, 1.165) is 22.4 Å². The number of rotatable bonds is 5. The summed E-state index contributed by atoms with van der Waals surface area (Å²) in [5.41, 5.74) is 1.15. The quantitative estimate of drug-likeness (QED) is 0.585. The number of nitrogens with zero attached hydrogens (tertiary/aromatic N) is 4. The second kappa shape index (κ2) is 5.39. The van der Waals surface area contributed by atoms with E-state index >= 15 is 0 Å². The normalized spacial score (nSPS) is 10.9. The fourth-order valence-corrected chi connectivity index (χ4v) is 2.22. The molecule has 0 radical (unpaired) electrons. The predicted octanol–water partition coefficient (Wildman–Crippen LogP) is 2.59. The third kappa shape index (κ3) is 3.01. The Morgan fingerprint density at radius 1 is 1.44 bits per heavy atom. The predicted molar refractivity (Wildman–Crippen MR) is 70.3 cm³/mol. The SMILES string of the molecule is C=C(C)CSc1nnc(N(C)C)n1C(C)C. The summed E-state index contributed by atoms with van der Waals surface area (Å²) in [6.45, 7) is 10.2. The Labute approximate surface area is 102 Å². The van der Waals surface area contributed by atoms with E-state index in [-0.39, 0.29) is 0 Å². The van der Waals surface area contributed by atoms with E-state index in [0.29, 0.717) is 6.04 Å². The minimum atomic E-state index is 0.361. The van der Waals surface area contributed by atoms with Gasteiger partial charge in [0.2, 0.25) is 5.95 Å². The van der Waals surface area contributed by atoms with Gasteiger partial charge in [-0.1, -0.05) is 23.9 Å². The standard InChI is InChI=1S/C11H20N4S/c1-8(2)7-16-11-13-12-10(14(5)6)15(11)9(3)4/h9H,1,7H2,2-6H3. The highest BCUT2D eigenvalue weighted by Gasteiger charge is 2.16. The summed E-state index contributed by atoms with van der Waals surface area (Å²) < 4.78 is 2.15. The largest absolute Gasteiger partial charge is 0.347 e. The first-order valence-electron chi connectivity index (χ1n) is 5.33. The summed E-state index contributed by atoms with van der Waals surface area (Å²) >= 11 is 1.68. The first kappa shape index (κ1) is 13.1. The maximum atomic E-state index is 4.22. The van der Waals surface area contributed by atoms with E-state index in [9.17, 15) is 0 Å². The number of anilines is 1. The molecular formula is C11H20N4S. The van der Waals surface area contributed by atoms with Crippen LogP contribution in [0.3, 0.4) is 0 Å². The molecule has 1 aromatic heterocycles. The molecule has 4 nitrogen and oxygen atoms in total. The van der Waals surface area contributed by atoms with Crippen molar-refractivity contribution in [3.8, 4) is 0 Å². The lowest BCUT2D eigenvalue weighted by Gasteiger charge is -2.17. The van der Waals surface area contributed by atoms with Crippen LogP contribution < -0.4 is 4.90 Å². The Morgan fingerprint density at radius 3 is 2.50 bits per heavy atom. The highest BCUT2D eigenvalue weighted by atomic mass is 32.2. The zero-order valence-electron chi connectivity index (χ0n) is 10.7. The zero-order valence-corrected chi connectivity index (χ0v) is 11.5. The van der Waals surface area contributed by atoms with Crippen LogP contribution in [0.15, 0.2) is 17.3 Å². The monoisotopic (exact) mass is 240 g/mol. The first-order chi connectivity index (χ1) is 7.43. The van der Waals surface area contributed by atoms with Crippen LogP contribution in [0.2, 0.25) is 0 Å². The van der Waals surface area contributed by atoms with Gasteiger partial charge in [0.1, 0.15) is 0 Å². The maximum absolute atomic E-state index is 4.22. The highest BCUT2D eigenvalue weighted by molar-refractivity contribution is 7.99. The molecule has 0 atom stereocenters. The molecule has 0 N–H and O–H groups in total. The van der Waals surface area contributed by atoms with Gasteiger partial charge >= 0.3 is 0 Å². The molecule has 1 rings (SSSR count). The van der Waals surface area contributed by atoms with E-state index in [1.807, 2.05) is 25.9 Å². The number of hydrogen-bond acceptors (Lipinski definition) is 4. The minimum Gasteiger partial charge on any atom is -0.347 e. The lowest BCUT2D eigenvalue weighted by Crippen LogP contribution is -2.17. The van der Waals surface area contributed by atoms with Crippen LogP contribution in [0.5, 0.6) is 0 Å². The molecule has 0 aliphatic carbocycles. The summed E-state index contributed by atoms with van der Waals surface area (Å²) in [6, 6.07) is 0.361. The van der Waals surface area contributed by atoms with Gasteiger partial charge in [-0.3, -0.25) is 4.57 Å². The van der Waals surface area contributed by atoms with Crippen molar-refractivity contribution in [3.05, 3.63) is 12.2 Å². The fraction of sp³-hybridized carbons (Fsp3) is 0.636. The van der Waals surface area contributed by atoms with Gasteiger partial charge in [0.05, 0.1) is 0 Å². The molecule has 0 bridgehead atoms. The van der Waals surface area contributed by atoms with Crippen LogP contribution in [-0.4, -0.2) is 34.6 Å². The Hall–Kier alpha value is -0.970. The van der Waals surface area contributed by atoms with Crippen molar-refractivity contribution < 1.29 is 0 Å². The van der Waals surface area contributed by atoms with Crippen molar-refractivity contribution in [1.82, 2.24) is 14.8 Å². The molecule has 0 saturated heterocycles. The average Bonchev–Trinajstić information content (AvgIpc) is 2.57. The van der Waals surface area contributed by atoms with Gasteiger partial charge in [-0.25, -0.2) is 0 Å². The number of thioether (sulfide) groups is 1. The van der Waals surface area contributed by atoms with Gasteiger partial charge in [-0.2, -0.15) is 0 Å². The number of hydrogen-bond donors (Lipinski definition) is 0. The molecule has 90 valence electrons. The molecule has 0 saturated carbocycles. The minimum absolute atomic E-state index is 0.361. The van der Waals surface area contributed by atoms with Crippen molar-refractivity contribution in [2.45, 2.75) is 32.0 Å². The molecule has 0 fully saturated rings. The van der Waals surface area contributed by atoms with Crippen LogP contribution in [0, 0.1) is 0 Å². The van der Waals surface area contributed by atoms with Crippen LogP contribution in [0.1, 0.15) is 26.8 Å². The van der Waals surface area contributed by atoms with Crippen molar-refractivity contribution in [3.63, 3.8) is 0 Å². The van der Waals surface area contributed by atoms with Gasteiger partial charge in [0.15, 0.2) is 5.16 Å². The molecule has 1 aromatic rings. The van der Waals surface area contributed by atoms with Crippen molar-refractivity contribution >= 4 is 17.7 Å². The van der Waals surface area contributed by atoms with Crippen LogP contribution in [0.25, 0.3) is 0 Å². The average molecular weight is 240 g/mol. The smallest absolute Gasteiger partial charge is 0.227 e. The van der Waals surface area contributed by atoms with E-state index in [2.05, 4.69) is 35.2 Å². The molecule has 0 amide bonds.